The van der Waals surface area contributed by atoms with E-state index in [1.807, 2.05) is 18.2 Å². The molecule has 4 heteroatoms. The first kappa shape index (κ1) is 14.9. The summed E-state index contributed by atoms with van der Waals surface area (Å²) in [5.74, 6) is 0.790. The average Bonchev–Trinajstić information content (AvgIpc) is 3.32. The first-order valence-electron chi connectivity index (χ1n) is 8.01. The van der Waals surface area contributed by atoms with Crippen molar-refractivity contribution in [3.05, 3.63) is 28.2 Å². The van der Waals surface area contributed by atoms with Gasteiger partial charge in [-0.2, -0.15) is 0 Å². The average molecular weight is 351 g/mol. The third-order valence-electron chi connectivity index (χ3n) is 4.67. The minimum Gasteiger partial charge on any atom is -0.398 e. The van der Waals surface area contributed by atoms with Crippen LogP contribution in [-0.4, -0.2) is 23.4 Å². The molecule has 0 saturated heterocycles. The lowest BCUT2D eigenvalue weighted by Gasteiger charge is -2.30. The molecule has 0 bridgehead atoms. The highest BCUT2D eigenvalue weighted by Crippen LogP contribution is 2.33. The topological polar surface area (TPSA) is 46.3 Å². The Hall–Kier alpha value is -1.03. The zero-order valence-corrected chi connectivity index (χ0v) is 13.9. The Morgan fingerprint density at radius 2 is 1.90 bits per heavy atom. The fourth-order valence-corrected chi connectivity index (χ4v) is 3.66. The van der Waals surface area contributed by atoms with Crippen molar-refractivity contribution in [1.29, 1.82) is 0 Å². The molecule has 2 aliphatic carbocycles. The highest BCUT2D eigenvalue weighted by molar-refractivity contribution is 9.10. The first-order valence-corrected chi connectivity index (χ1v) is 8.80. The van der Waals surface area contributed by atoms with E-state index >= 15 is 0 Å². The monoisotopic (exact) mass is 350 g/mol. The van der Waals surface area contributed by atoms with Crippen LogP contribution in [0.1, 0.15) is 55.3 Å². The maximum Gasteiger partial charge on any atom is 0.256 e. The Morgan fingerprint density at radius 1 is 1.19 bits per heavy atom. The zero-order chi connectivity index (χ0) is 14.8. The van der Waals surface area contributed by atoms with Crippen LogP contribution in [0, 0.1) is 5.92 Å². The number of carbonyl (C=O) groups excluding carboxylic acids is 1. The molecule has 2 fully saturated rings. The number of benzene rings is 1. The molecule has 3 rings (SSSR count). The SMILES string of the molecule is Nc1ccc(Br)cc1C(=O)N(CC1CCCCC1)C1CC1. The van der Waals surface area contributed by atoms with Crippen molar-refractivity contribution in [2.24, 2.45) is 5.92 Å². The summed E-state index contributed by atoms with van der Waals surface area (Å²) >= 11 is 3.44. The minimum absolute atomic E-state index is 0.113. The van der Waals surface area contributed by atoms with Gasteiger partial charge in [0.2, 0.25) is 0 Å². The molecule has 2 saturated carbocycles. The molecule has 0 spiro atoms. The maximum atomic E-state index is 12.9. The van der Waals surface area contributed by atoms with Crippen molar-refractivity contribution in [3.8, 4) is 0 Å². The van der Waals surface area contributed by atoms with Crippen LogP contribution in [0.25, 0.3) is 0 Å². The first-order chi connectivity index (χ1) is 10.1. The van der Waals surface area contributed by atoms with Crippen molar-refractivity contribution in [2.75, 3.05) is 12.3 Å². The van der Waals surface area contributed by atoms with Gasteiger partial charge >= 0.3 is 0 Å². The number of anilines is 1. The van der Waals surface area contributed by atoms with E-state index in [1.165, 1.54) is 32.1 Å². The summed E-state index contributed by atoms with van der Waals surface area (Å²) in [5.41, 5.74) is 7.24. The van der Waals surface area contributed by atoms with E-state index in [9.17, 15) is 4.79 Å². The van der Waals surface area contributed by atoms with Crippen molar-refractivity contribution in [2.45, 2.75) is 51.0 Å². The molecule has 0 aromatic heterocycles. The van der Waals surface area contributed by atoms with Gasteiger partial charge in [-0.1, -0.05) is 35.2 Å². The molecule has 0 unspecified atom stereocenters. The maximum absolute atomic E-state index is 12.9. The summed E-state index contributed by atoms with van der Waals surface area (Å²) in [6.45, 7) is 0.912. The molecule has 0 radical (unpaired) electrons. The predicted molar refractivity (Wildman–Crippen MR) is 89.2 cm³/mol. The molecule has 0 aliphatic heterocycles. The third kappa shape index (κ3) is 3.60. The number of hydrogen-bond acceptors (Lipinski definition) is 2. The summed E-state index contributed by atoms with van der Waals surface area (Å²) in [6.07, 6.45) is 8.81. The second kappa shape index (κ2) is 6.39. The van der Waals surface area contributed by atoms with Gasteiger partial charge in [-0.05, 0) is 49.8 Å². The number of halogens is 1. The van der Waals surface area contributed by atoms with Crippen LogP contribution in [0.5, 0.6) is 0 Å². The molecular weight excluding hydrogens is 328 g/mol. The van der Waals surface area contributed by atoms with Crippen LogP contribution >= 0.6 is 15.9 Å². The van der Waals surface area contributed by atoms with Crippen molar-refractivity contribution in [1.82, 2.24) is 4.90 Å². The Balaban J connectivity index is 1.76. The largest absolute Gasteiger partial charge is 0.398 e. The van der Waals surface area contributed by atoms with Gasteiger partial charge < -0.3 is 10.6 Å². The third-order valence-corrected chi connectivity index (χ3v) is 5.17. The summed E-state index contributed by atoms with van der Waals surface area (Å²) in [4.78, 5) is 15.0. The van der Waals surface area contributed by atoms with Gasteiger partial charge in [-0.3, -0.25) is 4.79 Å². The summed E-state index contributed by atoms with van der Waals surface area (Å²) in [7, 11) is 0. The van der Waals surface area contributed by atoms with E-state index in [4.69, 9.17) is 5.73 Å². The Morgan fingerprint density at radius 3 is 2.57 bits per heavy atom. The number of nitrogens with two attached hydrogens (primary N) is 1. The van der Waals surface area contributed by atoms with Crippen molar-refractivity contribution < 1.29 is 4.79 Å². The highest BCUT2D eigenvalue weighted by atomic mass is 79.9. The Kier molecular flexibility index (Phi) is 4.53. The Labute approximate surface area is 135 Å². The second-order valence-electron chi connectivity index (χ2n) is 6.42. The lowest BCUT2D eigenvalue weighted by Crippen LogP contribution is -2.38. The van der Waals surface area contributed by atoms with Crippen LogP contribution in [0.2, 0.25) is 0 Å². The van der Waals surface area contributed by atoms with Crippen LogP contribution in [0.3, 0.4) is 0 Å². The molecule has 2 N–H and O–H groups in total. The zero-order valence-electron chi connectivity index (χ0n) is 12.4. The van der Waals surface area contributed by atoms with Crippen LogP contribution in [0.4, 0.5) is 5.69 Å². The standard InChI is InChI=1S/C17H23BrN2O/c18-13-6-9-16(19)15(10-13)17(21)20(14-7-8-14)11-12-4-2-1-3-5-12/h6,9-10,12,14H,1-5,7-8,11,19H2. The molecule has 0 atom stereocenters. The fourth-order valence-electron chi connectivity index (χ4n) is 3.30. The van der Waals surface area contributed by atoms with E-state index in [0.29, 0.717) is 23.2 Å². The van der Waals surface area contributed by atoms with E-state index < -0.39 is 0 Å². The summed E-state index contributed by atoms with van der Waals surface area (Å²) in [5, 5.41) is 0. The summed E-state index contributed by atoms with van der Waals surface area (Å²) < 4.78 is 0.911. The Bertz CT molecular complexity index is 522. The number of hydrogen-bond donors (Lipinski definition) is 1. The number of nitrogen functional groups attached to an aromatic ring is 1. The van der Waals surface area contributed by atoms with Gasteiger partial charge in [0.25, 0.3) is 5.91 Å². The van der Waals surface area contributed by atoms with E-state index in [2.05, 4.69) is 20.8 Å². The van der Waals surface area contributed by atoms with Crippen LogP contribution in [-0.2, 0) is 0 Å². The van der Waals surface area contributed by atoms with Gasteiger partial charge in [-0.15, -0.1) is 0 Å². The van der Waals surface area contributed by atoms with Crippen molar-refractivity contribution >= 4 is 27.5 Å². The quantitative estimate of drug-likeness (QED) is 0.826. The number of amides is 1. The second-order valence-corrected chi connectivity index (χ2v) is 7.34. The van der Waals surface area contributed by atoms with Gasteiger partial charge in [-0.25, -0.2) is 0 Å². The smallest absolute Gasteiger partial charge is 0.256 e. The molecule has 1 aromatic carbocycles. The molecule has 2 aliphatic rings. The minimum atomic E-state index is 0.113. The predicted octanol–water partition coefficient (Wildman–Crippen LogP) is 4.22. The van der Waals surface area contributed by atoms with Gasteiger partial charge in [0.1, 0.15) is 0 Å². The van der Waals surface area contributed by atoms with Gasteiger partial charge in [0, 0.05) is 22.7 Å². The lowest BCUT2D eigenvalue weighted by atomic mass is 9.88. The normalized spacial score (nSPS) is 19.5. The number of carbonyl (C=O) groups is 1. The van der Waals surface area contributed by atoms with E-state index in [0.717, 1.165) is 23.9 Å². The lowest BCUT2D eigenvalue weighted by molar-refractivity contribution is 0.0700. The van der Waals surface area contributed by atoms with E-state index in [1.54, 1.807) is 0 Å². The molecule has 114 valence electrons. The molecule has 3 nitrogen and oxygen atoms in total. The number of rotatable bonds is 4. The van der Waals surface area contributed by atoms with Gasteiger partial charge in [0.15, 0.2) is 0 Å². The summed E-state index contributed by atoms with van der Waals surface area (Å²) in [6, 6.07) is 5.99. The fraction of sp³-hybridized carbons (Fsp3) is 0.588. The molecule has 0 heterocycles. The van der Waals surface area contributed by atoms with Crippen LogP contribution in [0.15, 0.2) is 22.7 Å². The molecule has 1 amide bonds. The molecule has 21 heavy (non-hydrogen) atoms. The number of nitrogens with zero attached hydrogens (tertiary/aromatic N) is 1. The van der Waals surface area contributed by atoms with E-state index in [-0.39, 0.29) is 5.91 Å². The van der Waals surface area contributed by atoms with Crippen LogP contribution < -0.4 is 5.73 Å². The molecular formula is C17H23BrN2O. The molecule has 1 aromatic rings. The highest BCUT2D eigenvalue weighted by Gasteiger charge is 2.35. The van der Waals surface area contributed by atoms with Gasteiger partial charge in [0.05, 0.1) is 5.56 Å². The van der Waals surface area contributed by atoms with Crippen molar-refractivity contribution in [3.63, 3.8) is 0 Å².